The molecular formula is C10H8Br2O3. The van der Waals surface area contributed by atoms with Crippen LogP contribution in [0, 0.1) is 0 Å². The molecule has 3 nitrogen and oxygen atoms in total. The second-order valence-corrected chi connectivity index (χ2v) is 4.36. The Hall–Kier alpha value is -0.680. The minimum atomic E-state index is -0.507. The molecule has 0 saturated carbocycles. The van der Waals surface area contributed by atoms with Gasteiger partial charge in [0.1, 0.15) is 0 Å². The van der Waals surface area contributed by atoms with E-state index in [0.717, 1.165) is 0 Å². The molecule has 0 aliphatic carbocycles. The summed E-state index contributed by atoms with van der Waals surface area (Å²) in [4.78, 5) is 22.4. The molecule has 15 heavy (non-hydrogen) atoms. The van der Waals surface area contributed by atoms with Crippen LogP contribution in [0.25, 0.3) is 0 Å². The van der Waals surface area contributed by atoms with Crippen LogP contribution in [0.3, 0.4) is 0 Å². The van der Waals surface area contributed by atoms with Gasteiger partial charge >= 0.3 is 5.97 Å². The van der Waals surface area contributed by atoms with E-state index in [1.165, 1.54) is 0 Å². The molecule has 1 rings (SSSR count). The highest BCUT2D eigenvalue weighted by Crippen LogP contribution is 2.27. The zero-order valence-corrected chi connectivity index (χ0v) is 11.1. The largest absolute Gasteiger partial charge is 0.462 e. The molecule has 0 amide bonds. The molecule has 0 aromatic heterocycles. The first-order chi connectivity index (χ1) is 7.11. The zero-order chi connectivity index (χ0) is 11.4. The van der Waals surface area contributed by atoms with E-state index in [9.17, 15) is 9.59 Å². The van der Waals surface area contributed by atoms with Crippen LogP contribution in [0.2, 0.25) is 0 Å². The first-order valence-electron chi connectivity index (χ1n) is 4.22. The maximum atomic E-state index is 11.6. The molecule has 0 saturated heterocycles. The average Bonchev–Trinajstić information content (AvgIpc) is 2.21. The van der Waals surface area contributed by atoms with E-state index >= 15 is 0 Å². The number of carbonyl (C=O) groups excluding carboxylic acids is 2. The molecule has 0 fully saturated rings. The van der Waals surface area contributed by atoms with E-state index in [1.54, 1.807) is 19.1 Å². The Morgan fingerprint density at radius 1 is 1.40 bits per heavy atom. The fourth-order valence-electron chi connectivity index (χ4n) is 1.09. The van der Waals surface area contributed by atoms with Gasteiger partial charge in [-0.2, -0.15) is 0 Å². The third-order valence-corrected chi connectivity index (χ3v) is 3.09. The summed E-state index contributed by atoms with van der Waals surface area (Å²) in [5.74, 6) is -0.507. The van der Waals surface area contributed by atoms with E-state index in [0.29, 0.717) is 20.8 Å². The second-order valence-electron chi connectivity index (χ2n) is 2.66. The van der Waals surface area contributed by atoms with Gasteiger partial charge in [0.15, 0.2) is 6.29 Å². The van der Waals surface area contributed by atoms with E-state index < -0.39 is 5.97 Å². The number of carbonyl (C=O) groups is 2. The van der Waals surface area contributed by atoms with Gasteiger partial charge in [-0.3, -0.25) is 4.79 Å². The molecule has 0 radical (unpaired) electrons. The van der Waals surface area contributed by atoms with Crippen LogP contribution in [-0.2, 0) is 4.74 Å². The molecule has 0 N–H and O–H groups in total. The number of hydrogen-bond donors (Lipinski definition) is 0. The van der Waals surface area contributed by atoms with Crippen molar-refractivity contribution >= 4 is 44.1 Å². The second kappa shape index (κ2) is 5.42. The Bertz CT molecular complexity index is 402. The minimum Gasteiger partial charge on any atom is -0.462 e. The van der Waals surface area contributed by atoms with E-state index in [4.69, 9.17) is 4.74 Å². The Labute approximate surface area is 104 Å². The lowest BCUT2D eigenvalue weighted by molar-refractivity contribution is 0.0523. The van der Waals surface area contributed by atoms with Crippen LogP contribution in [0.5, 0.6) is 0 Å². The van der Waals surface area contributed by atoms with Gasteiger partial charge in [-0.25, -0.2) is 4.79 Å². The van der Waals surface area contributed by atoms with Gasteiger partial charge in [-0.05, 0) is 35.0 Å². The monoisotopic (exact) mass is 334 g/mol. The first-order valence-corrected chi connectivity index (χ1v) is 5.80. The lowest BCUT2D eigenvalue weighted by atomic mass is 10.1. The van der Waals surface area contributed by atoms with Crippen molar-refractivity contribution in [1.29, 1.82) is 0 Å². The number of esters is 1. The molecule has 80 valence electrons. The summed E-state index contributed by atoms with van der Waals surface area (Å²) in [5, 5.41) is 0. The number of ether oxygens (including phenoxy) is 1. The van der Waals surface area contributed by atoms with Crippen molar-refractivity contribution in [1.82, 2.24) is 0 Å². The molecule has 1 aromatic rings. The molecule has 1 aromatic carbocycles. The van der Waals surface area contributed by atoms with Gasteiger partial charge in [0.25, 0.3) is 0 Å². The smallest absolute Gasteiger partial charge is 0.340 e. The molecule has 0 unspecified atom stereocenters. The highest BCUT2D eigenvalue weighted by Gasteiger charge is 2.18. The summed E-state index contributed by atoms with van der Waals surface area (Å²) in [6.45, 7) is 1.99. The fraction of sp³-hybridized carbons (Fsp3) is 0.200. The van der Waals surface area contributed by atoms with Crippen LogP contribution in [0.4, 0.5) is 0 Å². The number of rotatable bonds is 3. The highest BCUT2D eigenvalue weighted by atomic mass is 79.9. The first kappa shape index (κ1) is 12.4. The lowest BCUT2D eigenvalue weighted by Gasteiger charge is -2.08. The number of benzene rings is 1. The third-order valence-electron chi connectivity index (χ3n) is 1.74. The summed E-state index contributed by atoms with van der Waals surface area (Å²) >= 11 is 6.41. The Kier molecular flexibility index (Phi) is 4.47. The van der Waals surface area contributed by atoms with Crippen LogP contribution in [-0.4, -0.2) is 18.9 Å². The Morgan fingerprint density at radius 2 is 2.00 bits per heavy atom. The molecule has 0 spiro atoms. The van der Waals surface area contributed by atoms with Gasteiger partial charge in [-0.15, -0.1) is 0 Å². The van der Waals surface area contributed by atoms with Crippen LogP contribution in [0.1, 0.15) is 27.6 Å². The summed E-state index contributed by atoms with van der Waals surface area (Å²) in [6, 6.07) is 3.37. The van der Waals surface area contributed by atoms with Crippen molar-refractivity contribution in [3.05, 3.63) is 32.2 Å². The molecule has 0 heterocycles. The van der Waals surface area contributed by atoms with Crippen molar-refractivity contribution in [3.63, 3.8) is 0 Å². The van der Waals surface area contributed by atoms with E-state index in [2.05, 4.69) is 31.9 Å². The summed E-state index contributed by atoms with van der Waals surface area (Å²) in [5.41, 5.74) is 0.545. The topological polar surface area (TPSA) is 43.4 Å². The summed E-state index contributed by atoms with van der Waals surface area (Å²) < 4.78 is 5.98. The molecule has 0 aliphatic rings. The summed E-state index contributed by atoms with van der Waals surface area (Å²) in [7, 11) is 0. The molecule has 5 heteroatoms. The SMILES string of the molecule is CCOC(=O)c1c(Br)ccc(Br)c1C=O. The number of aldehydes is 1. The van der Waals surface area contributed by atoms with Crippen LogP contribution < -0.4 is 0 Å². The van der Waals surface area contributed by atoms with Crippen molar-refractivity contribution in [2.45, 2.75) is 6.92 Å². The predicted octanol–water partition coefficient (Wildman–Crippen LogP) is 3.20. The van der Waals surface area contributed by atoms with Crippen LogP contribution in [0.15, 0.2) is 21.1 Å². The minimum absolute atomic E-state index is 0.251. The van der Waals surface area contributed by atoms with Gasteiger partial charge in [0, 0.05) is 14.5 Å². The Balaban J connectivity index is 3.31. The molecule has 0 aliphatic heterocycles. The standard InChI is InChI=1S/C10H8Br2O3/c1-2-15-10(14)9-6(5-13)7(11)3-4-8(9)12/h3-5H,2H2,1H3. The molecular weight excluding hydrogens is 328 g/mol. The van der Waals surface area contributed by atoms with Gasteiger partial charge < -0.3 is 4.74 Å². The van der Waals surface area contributed by atoms with Crippen molar-refractivity contribution in [2.24, 2.45) is 0 Å². The maximum Gasteiger partial charge on any atom is 0.340 e. The Morgan fingerprint density at radius 3 is 2.53 bits per heavy atom. The van der Waals surface area contributed by atoms with Gasteiger partial charge in [-0.1, -0.05) is 15.9 Å². The predicted molar refractivity (Wildman–Crippen MR) is 63.2 cm³/mol. The quantitative estimate of drug-likeness (QED) is 0.629. The lowest BCUT2D eigenvalue weighted by Crippen LogP contribution is -2.09. The van der Waals surface area contributed by atoms with E-state index in [1.807, 2.05) is 0 Å². The normalized spacial score (nSPS) is 9.80. The number of halogens is 2. The molecule has 0 atom stereocenters. The highest BCUT2D eigenvalue weighted by molar-refractivity contribution is 9.11. The fourth-order valence-corrected chi connectivity index (χ4v) is 2.02. The van der Waals surface area contributed by atoms with Crippen molar-refractivity contribution in [2.75, 3.05) is 6.61 Å². The van der Waals surface area contributed by atoms with Crippen LogP contribution >= 0.6 is 31.9 Å². The summed E-state index contributed by atoms with van der Waals surface area (Å²) in [6.07, 6.45) is 0.626. The van der Waals surface area contributed by atoms with Crippen molar-refractivity contribution in [3.8, 4) is 0 Å². The molecule has 0 bridgehead atoms. The third kappa shape index (κ3) is 2.66. The average molecular weight is 336 g/mol. The van der Waals surface area contributed by atoms with E-state index in [-0.39, 0.29) is 12.2 Å². The van der Waals surface area contributed by atoms with Gasteiger partial charge in [0.05, 0.1) is 12.2 Å². The maximum absolute atomic E-state index is 11.6. The van der Waals surface area contributed by atoms with Gasteiger partial charge in [0.2, 0.25) is 0 Å². The zero-order valence-electron chi connectivity index (χ0n) is 7.92. The number of hydrogen-bond acceptors (Lipinski definition) is 3. The van der Waals surface area contributed by atoms with Crippen molar-refractivity contribution < 1.29 is 14.3 Å².